The number of halogens is 3. The van der Waals surface area contributed by atoms with Crippen LogP contribution in [-0.2, 0) is 11.3 Å². The van der Waals surface area contributed by atoms with E-state index in [4.69, 9.17) is 4.99 Å². The second kappa shape index (κ2) is 13.4. The molecule has 1 aromatic heterocycles. The molecule has 10 nitrogen and oxygen atoms in total. The molecule has 13 heteroatoms. The zero-order valence-electron chi connectivity index (χ0n) is 27.4. The molecule has 5 rings (SSSR count). The molecule has 2 N–H and O–H groups in total. The van der Waals surface area contributed by atoms with Gasteiger partial charge in [-0.3, -0.25) is 14.6 Å². The molecule has 47 heavy (non-hydrogen) atoms. The molecule has 2 heterocycles. The summed E-state index contributed by atoms with van der Waals surface area (Å²) in [5.74, 6) is 0.289. The van der Waals surface area contributed by atoms with Gasteiger partial charge in [0.2, 0.25) is 0 Å². The second-order valence-electron chi connectivity index (χ2n) is 14.0. The minimum absolute atomic E-state index is 0.0363. The lowest BCUT2D eigenvalue weighted by molar-refractivity contribution is -0.274. The molecule has 0 saturated heterocycles. The third-order valence-electron chi connectivity index (χ3n) is 9.14. The molecule has 252 valence electrons. The standard InChI is InChI=1S/C34H42F3N7O3/c1-21(2)22-13-17-33(18-14-22)39-29(25-7-6-8-26(19-25)47-34(35,36)37)31(46)44(33)27(15-16-32(3,4)5)23-9-11-24(12-10-23)30(45)38-20-28-40-42-43-41-28/h6-12,19,21-22,27H,13-18,20H2,1-5H3,(H,38,45)(H,40,41,42,43)/t22?,27-,33?/m1/s1. The highest BCUT2D eigenvalue weighted by molar-refractivity contribution is 6.46. The first-order valence-electron chi connectivity index (χ1n) is 16.0. The van der Waals surface area contributed by atoms with Gasteiger partial charge in [0.15, 0.2) is 5.82 Å². The smallest absolute Gasteiger partial charge is 0.406 e. The van der Waals surface area contributed by atoms with Gasteiger partial charge in [-0.25, -0.2) is 0 Å². The van der Waals surface area contributed by atoms with Crippen molar-refractivity contribution in [3.05, 3.63) is 71.0 Å². The number of aromatic amines is 1. The molecule has 0 unspecified atom stereocenters. The zero-order valence-corrected chi connectivity index (χ0v) is 27.4. The maximum absolute atomic E-state index is 14.6. The lowest BCUT2D eigenvalue weighted by Gasteiger charge is -2.46. The Morgan fingerprint density at radius 2 is 1.81 bits per heavy atom. The molecule has 1 aliphatic heterocycles. The van der Waals surface area contributed by atoms with E-state index >= 15 is 0 Å². The first kappa shape index (κ1) is 34.1. The van der Waals surface area contributed by atoms with Crippen molar-refractivity contribution >= 4 is 17.5 Å². The first-order valence-corrected chi connectivity index (χ1v) is 16.0. The van der Waals surface area contributed by atoms with E-state index in [1.165, 1.54) is 18.2 Å². The average molecular weight is 654 g/mol. The van der Waals surface area contributed by atoms with Crippen molar-refractivity contribution in [2.75, 3.05) is 0 Å². The van der Waals surface area contributed by atoms with E-state index in [1.54, 1.807) is 18.2 Å². The SMILES string of the molecule is CC(C)C1CCC2(CC1)N=C(c1cccc(OC(F)(F)F)c1)C(=O)N2[C@H](CCC(C)(C)C)c1ccc(C(=O)NCc2nn[nH]n2)cc1. The molecule has 2 amide bonds. The van der Waals surface area contributed by atoms with E-state index in [0.29, 0.717) is 42.5 Å². The van der Waals surface area contributed by atoms with Crippen LogP contribution in [-0.4, -0.2) is 55.1 Å². The number of aliphatic imine (C=N–C) groups is 1. The summed E-state index contributed by atoms with van der Waals surface area (Å²) in [6.45, 7) is 10.9. The normalized spacial score (nSPS) is 20.9. The number of nitrogens with one attached hydrogen (secondary N) is 2. The van der Waals surface area contributed by atoms with E-state index in [9.17, 15) is 22.8 Å². The molecule has 0 bridgehead atoms. The summed E-state index contributed by atoms with van der Waals surface area (Å²) in [4.78, 5) is 34.4. The van der Waals surface area contributed by atoms with E-state index in [-0.39, 0.29) is 41.1 Å². The van der Waals surface area contributed by atoms with Crippen LogP contribution in [0.25, 0.3) is 0 Å². The van der Waals surface area contributed by atoms with Crippen molar-refractivity contribution in [3.8, 4) is 5.75 Å². The van der Waals surface area contributed by atoms with Crippen molar-refractivity contribution in [1.29, 1.82) is 0 Å². The Kier molecular flexibility index (Phi) is 9.74. The van der Waals surface area contributed by atoms with Gasteiger partial charge in [-0.15, -0.1) is 23.4 Å². The van der Waals surface area contributed by atoms with Crippen LogP contribution in [0.2, 0.25) is 0 Å². The number of carbonyl (C=O) groups excluding carboxylic acids is 2. The van der Waals surface area contributed by atoms with Crippen LogP contribution in [0.3, 0.4) is 0 Å². The Morgan fingerprint density at radius 1 is 1.11 bits per heavy atom. The summed E-state index contributed by atoms with van der Waals surface area (Å²) in [5.41, 5.74) is 0.831. The van der Waals surface area contributed by atoms with Crippen LogP contribution in [0.4, 0.5) is 13.2 Å². The van der Waals surface area contributed by atoms with Gasteiger partial charge in [-0.05, 0) is 85.6 Å². The number of hydrogen-bond acceptors (Lipinski definition) is 7. The Labute approximate surface area is 272 Å². The van der Waals surface area contributed by atoms with Crippen LogP contribution < -0.4 is 10.1 Å². The van der Waals surface area contributed by atoms with Crippen molar-refractivity contribution in [3.63, 3.8) is 0 Å². The van der Waals surface area contributed by atoms with Gasteiger partial charge in [0.1, 0.15) is 17.1 Å². The van der Waals surface area contributed by atoms with Gasteiger partial charge in [0.05, 0.1) is 12.6 Å². The van der Waals surface area contributed by atoms with E-state index in [2.05, 4.69) is 65.3 Å². The fourth-order valence-electron chi connectivity index (χ4n) is 6.58. The summed E-state index contributed by atoms with van der Waals surface area (Å²) in [6.07, 6.45) is -0.394. The number of ether oxygens (including phenoxy) is 1. The fourth-order valence-corrected chi connectivity index (χ4v) is 6.58. The van der Waals surface area contributed by atoms with Gasteiger partial charge in [-0.1, -0.05) is 64.1 Å². The first-order chi connectivity index (χ1) is 22.1. The predicted octanol–water partition coefficient (Wildman–Crippen LogP) is 6.77. The summed E-state index contributed by atoms with van der Waals surface area (Å²) in [7, 11) is 0. The Balaban J connectivity index is 1.50. The van der Waals surface area contributed by atoms with Gasteiger partial charge >= 0.3 is 6.36 Å². The monoisotopic (exact) mass is 653 g/mol. The number of rotatable bonds is 10. The predicted molar refractivity (Wildman–Crippen MR) is 169 cm³/mol. The largest absolute Gasteiger partial charge is 0.573 e. The Morgan fingerprint density at radius 3 is 2.40 bits per heavy atom. The highest BCUT2D eigenvalue weighted by Gasteiger charge is 2.52. The summed E-state index contributed by atoms with van der Waals surface area (Å²) in [5, 5.41) is 16.3. The molecule has 2 aliphatic rings. The average Bonchev–Trinajstić information content (AvgIpc) is 3.62. The number of H-pyrrole nitrogens is 1. The molecule has 2 aromatic carbocycles. The molecule has 1 fully saturated rings. The van der Waals surface area contributed by atoms with Crippen molar-refractivity contribution in [1.82, 2.24) is 30.8 Å². The van der Waals surface area contributed by atoms with Crippen LogP contribution in [0.15, 0.2) is 53.5 Å². The number of carbonyl (C=O) groups is 2. The number of hydrogen-bond donors (Lipinski definition) is 2. The highest BCUT2D eigenvalue weighted by atomic mass is 19.4. The molecule has 3 aromatic rings. The molecule has 1 atom stereocenters. The van der Waals surface area contributed by atoms with Gasteiger partial charge in [-0.2, -0.15) is 5.21 Å². The Bertz CT molecular complexity index is 1570. The second-order valence-corrected chi connectivity index (χ2v) is 14.0. The van der Waals surface area contributed by atoms with Crippen LogP contribution in [0.5, 0.6) is 5.75 Å². The molecular weight excluding hydrogens is 611 g/mol. The zero-order chi connectivity index (χ0) is 34.0. The molecule has 1 aliphatic carbocycles. The molecule has 0 radical (unpaired) electrons. The minimum Gasteiger partial charge on any atom is -0.406 e. The number of tetrazole rings is 1. The third-order valence-corrected chi connectivity index (χ3v) is 9.14. The van der Waals surface area contributed by atoms with Crippen LogP contribution in [0.1, 0.15) is 106 Å². The van der Waals surface area contributed by atoms with E-state index < -0.39 is 17.8 Å². The number of benzene rings is 2. The number of nitrogens with zero attached hydrogens (tertiary/aromatic N) is 5. The minimum atomic E-state index is -4.86. The Hall–Kier alpha value is -4.29. The summed E-state index contributed by atoms with van der Waals surface area (Å²) >= 11 is 0. The number of amides is 2. The lowest BCUT2D eigenvalue weighted by Crippen LogP contribution is -2.51. The third kappa shape index (κ3) is 8.17. The van der Waals surface area contributed by atoms with E-state index in [1.807, 2.05) is 17.0 Å². The maximum atomic E-state index is 14.6. The molecule has 1 spiro atoms. The van der Waals surface area contributed by atoms with E-state index in [0.717, 1.165) is 24.8 Å². The van der Waals surface area contributed by atoms with Crippen molar-refractivity contribution in [2.24, 2.45) is 22.2 Å². The summed E-state index contributed by atoms with van der Waals surface area (Å²) < 4.78 is 43.4. The van der Waals surface area contributed by atoms with Gasteiger partial charge < -0.3 is 15.0 Å². The van der Waals surface area contributed by atoms with Crippen LogP contribution in [0, 0.1) is 17.3 Å². The topological polar surface area (TPSA) is 125 Å². The van der Waals surface area contributed by atoms with Crippen molar-refractivity contribution in [2.45, 2.75) is 97.8 Å². The van der Waals surface area contributed by atoms with Gasteiger partial charge in [0.25, 0.3) is 11.8 Å². The number of aromatic nitrogens is 4. The number of alkyl halides is 3. The quantitative estimate of drug-likeness (QED) is 0.249. The summed E-state index contributed by atoms with van der Waals surface area (Å²) in [6, 6.07) is 12.3. The maximum Gasteiger partial charge on any atom is 0.573 e. The van der Waals surface area contributed by atoms with Crippen molar-refractivity contribution < 1.29 is 27.5 Å². The molecule has 1 saturated carbocycles. The van der Waals surface area contributed by atoms with Gasteiger partial charge in [0, 0.05) is 11.1 Å². The van der Waals surface area contributed by atoms with Crippen LogP contribution >= 0.6 is 0 Å². The lowest BCUT2D eigenvalue weighted by atomic mass is 9.75. The highest BCUT2D eigenvalue weighted by Crippen LogP contribution is 2.48. The fraction of sp³-hybridized carbons (Fsp3) is 0.529. The molecular formula is C34H42F3N7O3.